The molecule has 1 N–H and O–H groups in total. The molecular formula is C14H24N4. The Bertz CT molecular complexity index is 359. The molecule has 1 aliphatic rings. The topological polar surface area (TPSA) is 41.0 Å². The summed E-state index contributed by atoms with van der Waals surface area (Å²) in [5.41, 5.74) is 1.07. The quantitative estimate of drug-likeness (QED) is 0.886. The molecule has 0 aromatic carbocycles. The van der Waals surface area contributed by atoms with E-state index in [2.05, 4.69) is 46.4 Å². The van der Waals surface area contributed by atoms with E-state index in [1.54, 1.807) is 0 Å². The van der Waals surface area contributed by atoms with Crippen molar-refractivity contribution in [2.24, 2.45) is 0 Å². The van der Waals surface area contributed by atoms with Crippen LogP contribution < -0.4 is 10.2 Å². The first-order valence-electron chi connectivity index (χ1n) is 6.97. The van der Waals surface area contributed by atoms with Gasteiger partial charge in [-0.1, -0.05) is 13.8 Å². The number of rotatable bonds is 4. The van der Waals surface area contributed by atoms with Crippen LogP contribution >= 0.6 is 0 Å². The van der Waals surface area contributed by atoms with E-state index in [-0.39, 0.29) is 0 Å². The molecule has 2 rings (SSSR count). The number of likely N-dealkylation sites (N-methyl/N-ethyl adjacent to an activating group) is 1. The molecule has 4 heteroatoms. The molecule has 1 unspecified atom stereocenters. The van der Waals surface area contributed by atoms with Gasteiger partial charge in [-0.2, -0.15) is 5.10 Å². The van der Waals surface area contributed by atoms with Crippen LogP contribution in [-0.4, -0.2) is 36.4 Å². The third-order valence-electron chi connectivity index (χ3n) is 3.62. The highest BCUT2D eigenvalue weighted by atomic mass is 15.3. The van der Waals surface area contributed by atoms with Gasteiger partial charge in [0.2, 0.25) is 0 Å². The fourth-order valence-electron chi connectivity index (χ4n) is 2.55. The fourth-order valence-corrected chi connectivity index (χ4v) is 2.55. The molecule has 0 bridgehead atoms. The first-order valence-corrected chi connectivity index (χ1v) is 6.97. The average Bonchev–Trinajstić information content (AvgIpc) is 2.40. The number of hydrogen-bond acceptors (Lipinski definition) is 4. The van der Waals surface area contributed by atoms with E-state index in [9.17, 15) is 0 Å². The molecule has 0 amide bonds. The van der Waals surface area contributed by atoms with Crippen LogP contribution in [0.3, 0.4) is 0 Å². The third-order valence-corrected chi connectivity index (χ3v) is 3.62. The van der Waals surface area contributed by atoms with Crippen LogP contribution in [0.4, 0.5) is 5.82 Å². The SMILES string of the molecule is CNCC1CCCCN1c1ccc(C(C)C)nn1. The Hall–Kier alpha value is -1.16. The van der Waals surface area contributed by atoms with E-state index in [0.717, 1.165) is 24.6 Å². The summed E-state index contributed by atoms with van der Waals surface area (Å²) in [5.74, 6) is 1.47. The first-order chi connectivity index (χ1) is 8.72. The highest BCUT2D eigenvalue weighted by Gasteiger charge is 2.23. The van der Waals surface area contributed by atoms with Crippen molar-refractivity contribution in [1.29, 1.82) is 0 Å². The van der Waals surface area contributed by atoms with Crippen molar-refractivity contribution >= 4 is 5.82 Å². The van der Waals surface area contributed by atoms with Gasteiger partial charge in [-0.05, 0) is 44.4 Å². The van der Waals surface area contributed by atoms with Crippen LogP contribution in [0, 0.1) is 0 Å². The molecule has 1 aromatic heterocycles. The van der Waals surface area contributed by atoms with Crippen LogP contribution in [0.2, 0.25) is 0 Å². The predicted octanol–water partition coefficient (Wildman–Crippen LogP) is 2.18. The van der Waals surface area contributed by atoms with Crippen molar-refractivity contribution in [1.82, 2.24) is 15.5 Å². The average molecular weight is 248 g/mol. The lowest BCUT2D eigenvalue weighted by atomic mass is 10.0. The summed E-state index contributed by atoms with van der Waals surface area (Å²) in [6, 6.07) is 4.79. The second-order valence-electron chi connectivity index (χ2n) is 5.37. The lowest BCUT2D eigenvalue weighted by Crippen LogP contribution is -2.45. The molecule has 1 aliphatic heterocycles. The Labute approximate surface area is 110 Å². The van der Waals surface area contributed by atoms with E-state index < -0.39 is 0 Å². The van der Waals surface area contributed by atoms with Crippen LogP contribution in [0.1, 0.15) is 44.7 Å². The van der Waals surface area contributed by atoms with Gasteiger partial charge in [0.1, 0.15) is 0 Å². The Kier molecular flexibility index (Phi) is 4.53. The molecule has 1 saturated heterocycles. The normalized spacial score (nSPS) is 20.4. The monoisotopic (exact) mass is 248 g/mol. The van der Waals surface area contributed by atoms with E-state index in [4.69, 9.17) is 0 Å². The van der Waals surface area contributed by atoms with E-state index in [0.29, 0.717) is 12.0 Å². The summed E-state index contributed by atoms with van der Waals surface area (Å²) in [6.45, 7) is 6.42. The molecule has 0 spiro atoms. The van der Waals surface area contributed by atoms with Crippen molar-refractivity contribution in [3.05, 3.63) is 17.8 Å². The minimum Gasteiger partial charge on any atom is -0.351 e. The van der Waals surface area contributed by atoms with Gasteiger partial charge >= 0.3 is 0 Å². The second-order valence-corrected chi connectivity index (χ2v) is 5.37. The van der Waals surface area contributed by atoms with Crippen molar-refractivity contribution in [3.8, 4) is 0 Å². The molecule has 0 radical (unpaired) electrons. The Morgan fingerprint density at radius 2 is 2.17 bits per heavy atom. The van der Waals surface area contributed by atoms with Gasteiger partial charge in [-0.25, -0.2) is 0 Å². The number of nitrogens with zero attached hydrogens (tertiary/aromatic N) is 3. The van der Waals surface area contributed by atoms with Crippen LogP contribution in [0.5, 0.6) is 0 Å². The summed E-state index contributed by atoms with van der Waals surface area (Å²) in [7, 11) is 2.01. The Morgan fingerprint density at radius 1 is 1.33 bits per heavy atom. The number of hydrogen-bond donors (Lipinski definition) is 1. The van der Waals surface area contributed by atoms with Crippen LogP contribution in [0.15, 0.2) is 12.1 Å². The lowest BCUT2D eigenvalue weighted by Gasteiger charge is -2.36. The highest BCUT2D eigenvalue weighted by molar-refractivity contribution is 5.39. The highest BCUT2D eigenvalue weighted by Crippen LogP contribution is 2.23. The zero-order chi connectivity index (χ0) is 13.0. The first kappa shape index (κ1) is 13.3. The van der Waals surface area contributed by atoms with Gasteiger partial charge < -0.3 is 10.2 Å². The molecule has 100 valence electrons. The van der Waals surface area contributed by atoms with Crippen LogP contribution in [-0.2, 0) is 0 Å². The van der Waals surface area contributed by atoms with Crippen molar-refractivity contribution in [3.63, 3.8) is 0 Å². The van der Waals surface area contributed by atoms with E-state index >= 15 is 0 Å². The summed E-state index contributed by atoms with van der Waals surface area (Å²) in [5, 5.41) is 12.0. The van der Waals surface area contributed by atoms with Gasteiger partial charge in [-0.3, -0.25) is 0 Å². The molecule has 0 aliphatic carbocycles. The zero-order valence-corrected chi connectivity index (χ0v) is 11.7. The molecule has 1 aromatic rings. The summed E-state index contributed by atoms with van der Waals surface area (Å²) < 4.78 is 0. The predicted molar refractivity (Wildman–Crippen MR) is 75.0 cm³/mol. The largest absolute Gasteiger partial charge is 0.351 e. The van der Waals surface area contributed by atoms with Crippen molar-refractivity contribution in [2.75, 3.05) is 25.0 Å². The van der Waals surface area contributed by atoms with Crippen molar-refractivity contribution in [2.45, 2.75) is 45.1 Å². The molecule has 4 nitrogen and oxygen atoms in total. The third kappa shape index (κ3) is 2.99. The molecular weight excluding hydrogens is 224 g/mol. The number of aromatic nitrogens is 2. The smallest absolute Gasteiger partial charge is 0.151 e. The zero-order valence-electron chi connectivity index (χ0n) is 11.7. The summed E-state index contributed by atoms with van der Waals surface area (Å²) in [6.07, 6.45) is 3.82. The number of piperidine rings is 1. The maximum Gasteiger partial charge on any atom is 0.151 e. The summed E-state index contributed by atoms with van der Waals surface area (Å²) in [4.78, 5) is 2.40. The minimum absolute atomic E-state index is 0.445. The molecule has 1 atom stereocenters. The Balaban J connectivity index is 2.12. The number of nitrogens with one attached hydrogen (secondary N) is 1. The maximum atomic E-state index is 4.40. The van der Waals surface area contributed by atoms with Gasteiger partial charge in [0.05, 0.1) is 5.69 Å². The van der Waals surface area contributed by atoms with Crippen LogP contribution in [0.25, 0.3) is 0 Å². The molecule has 0 saturated carbocycles. The van der Waals surface area contributed by atoms with Gasteiger partial charge in [0.15, 0.2) is 5.82 Å². The lowest BCUT2D eigenvalue weighted by molar-refractivity contribution is 0.442. The van der Waals surface area contributed by atoms with Crippen molar-refractivity contribution < 1.29 is 0 Å². The standard InChI is InChI=1S/C14H24N4/c1-11(2)13-7-8-14(17-16-13)18-9-5-4-6-12(18)10-15-3/h7-8,11-12,15H,4-6,9-10H2,1-3H3. The van der Waals surface area contributed by atoms with E-state index in [1.807, 2.05) is 7.05 Å². The molecule has 2 heterocycles. The van der Waals surface area contributed by atoms with Gasteiger partial charge in [0, 0.05) is 19.1 Å². The van der Waals surface area contributed by atoms with Gasteiger partial charge in [0.25, 0.3) is 0 Å². The molecule has 1 fully saturated rings. The number of anilines is 1. The van der Waals surface area contributed by atoms with Gasteiger partial charge in [-0.15, -0.1) is 5.10 Å². The molecule has 18 heavy (non-hydrogen) atoms. The summed E-state index contributed by atoms with van der Waals surface area (Å²) >= 11 is 0. The minimum atomic E-state index is 0.445. The fraction of sp³-hybridized carbons (Fsp3) is 0.714. The second kappa shape index (κ2) is 6.14. The Morgan fingerprint density at radius 3 is 2.78 bits per heavy atom. The maximum absolute atomic E-state index is 4.40. The van der Waals surface area contributed by atoms with E-state index in [1.165, 1.54) is 19.3 Å².